The van der Waals surface area contributed by atoms with Crippen molar-refractivity contribution >= 4 is 5.91 Å². The summed E-state index contributed by atoms with van der Waals surface area (Å²) in [5.74, 6) is 0.125. The second kappa shape index (κ2) is 6.93. The molecule has 1 saturated heterocycles. The molecule has 0 radical (unpaired) electrons. The van der Waals surface area contributed by atoms with Crippen LogP contribution in [0.15, 0.2) is 18.3 Å². The summed E-state index contributed by atoms with van der Waals surface area (Å²) in [6.45, 7) is 2.91. The van der Waals surface area contributed by atoms with E-state index in [-0.39, 0.29) is 18.0 Å². The number of nitrogens with zero attached hydrogens (tertiary/aromatic N) is 2. The van der Waals surface area contributed by atoms with Gasteiger partial charge in [-0.3, -0.25) is 4.79 Å². The number of aryl methyl sites for hydroxylation is 1. The van der Waals surface area contributed by atoms with Gasteiger partial charge in [-0.05, 0) is 31.4 Å². The molecule has 112 valence electrons. The molecular formula is C16H27N3O. The van der Waals surface area contributed by atoms with E-state index in [1.54, 1.807) is 0 Å². The number of hydrogen-bond donors (Lipinski definition) is 1. The largest absolute Gasteiger partial charge is 0.353 e. The van der Waals surface area contributed by atoms with Crippen molar-refractivity contribution in [1.29, 1.82) is 0 Å². The molecule has 1 aromatic heterocycles. The van der Waals surface area contributed by atoms with Crippen molar-refractivity contribution in [2.75, 3.05) is 6.54 Å². The molecule has 1 amide bonds. The Morgan fingerprint density at radius 1 is 1.45 bits per heavy atom. The van der Waals surface area contributed by atoms with E-state index in [1.165, 1.54) is 18.5 Å². The van der Waals surface area contributed by atoms with Crippen LogP contribution in [0.5, 0.6) is 0 Å². The van der Waals surface area contributed by atoms with Crippen molar-refractivity contribution in [2.45, 2.75) is 57.5 Å². The highest BCUT2D eigenvalue weighted by Crippen LogP contribution is 2.30. The Hall–Kier alpha value is -1.29. The van der Waals surface area contributed by atoms with Crippen LogP contribution in [0.3, 0.4) is 0 Å². The molecule has 2 atom stereocenters. The van der Waals surface area contributed by atoms with E-state index in [4.69, 9.17) is 5.73 Å². The lowest BCUT2D eigenvalue weighted by molar-refractivity contribution is -0.135. The van der Waals surface area contributed by atoms with Gasteiger partial charge >= 0.3 is 0 Å². The van der Waals surface area contributed by atoms with Crippen LogP contribution < -0.4 is 5.73 Å². The second-order valence-corrected chi connectivity index (χ2v) is 5.84. The molecule has 0 bridgehead atoms. The van der Waals surface area contributed by atoms with Crippen LogP contribution in [0, 0.1) is 0 Å². The number of rotatable bonds is 4. The monoisotopic (exact) mass is 277 g/mol. The summed E-state index contributed by atoms with van der Waals surface area (Å²) in [5, 5.41) is 0. The third kappa shape index (κ3) is 3.23. The summed E-state index contributed by atoms with van der Waals surface area (Å²) in [6.07, 6.45) is 8.30. The van der Waals surface area contributed by atoms with Gasteiger partial charge in [0.25, 0.3) is 0 Å². The van der Waals surface area contributed by atoms with Gasteiger partial charge in [0.1, 0.15) is 0 Å². The van der Waals surface area contributed by atoms with Crippen LogP contribution in [0.25, 0.3) is 0 Å². The van der Waals surface area contributed by atoms with Gasteiger partial charge in [-0.1, -0.05) is 26.2 Å². The van der Waals surface area contributed by atoms with E-state index in [1.807, 2.05) is 4.90 Å². The summed E-state index contributed by atoms with van der Waals surface area (Å²) in [6, 6.07) is 4.02. The number of aromatic nitrogens is 1. The Labute approximate surface area is 121 Å². The van der Waals surface area contributed by atoms with E-state index in [0.717, 1.165) is 32.2 Å². The highest BCUT2D eigenvalue weighted by molar-refractivity contribution is 5.82. The van der Waals surface area contributed by atoms with Crippen molar-refractivity contribution in [2.24, 2.45) is 12.8 Å². The summed E-state index contributed by atoms with van der Waals surface area (Å²) < 4.78 is 2.13. The normalized spacial score (nSPS) is 21.6. The Morgan fingerprint density at radius 3 is 2.90 bits per heavy atom. The van der Waals surface area contributed by atoms with E-state index < -0.39 is 0 Å². The first-order valence-corrected chi connectivity index (χ1v) is 7.82. The summed E-state index contributed by atoms with van der Waals surface area (Å²) in [5.41, 5.74) is 7.29. The molecule has 0 spiro atoms. The molecule has 0 aromatic carbocycles. The number of amides is 1. The third-order valence-corrected chi connectivity index (χ3v) is 4.28. The first kappa shape index (κ1) is 15.1. The first-order valence-electron chi connectivity index (χ1n) is 7.82. The summed E-state index contributed by atoms with van der Waals surface area (Å²) in [7, 11) is 2.05. The van der Waals surface area contributed by atoms with Crippen molar-refractivity contribution < 1.29 is 4.79 Å². The summed E-state index contributed by atoms with van der Waals surface area (Å²) in [4.78, 5) is 14.7. The van der Waals surface area contributed by atoms with Crippen molar-refractivity contribution in [3.8, 4) is 0 Å². The van der Waals surface area contributed by atoms with E-state index in [2.05, 4.69) is 36.9 Å². The maximum Gasteiger partial charge on any atom is 0.240 e. The SMILES string of the molecule is CCCC(N)C(=O)N1CCCCCC1c1cccn1C. The molecule has 0 saturated carbocycles. The van der Waals surface area contributed by atoms with E-state index >= 15 is 0 Å². The van der Waals surface area contributed by atoms with Gasteiger partial charge in [-0.15, -0.1) is 0 Å². The molecule has 1 fully saturated rings. The van der Waals surface area contributed by atoms with Gasteiger partial charge in [0.2, 0.25) is 5.91 Å². The van der Waals surface area contributed by atoms with Crippen LogP contribution >= 0.6 is 0 Å². The van der Waals surface area contributed by atoms with Gasteiger partial charge in [0.15, 0.2) is 0 Å². The number of hydrogen-bond acceptors (Lipinski definition) is 2. The molecule has 1 aromatic rings. The molecule has 2 unspecified atom stereocenters. The number of nitrogens with two attached hydrogens (primary N) is 1. The Balaban J connectivity index is 2.21. The molecule has 20 heavy (non-hydrogen) atoms. The average molecular weight is 277 g/mol. The minimum absolute atomic E-state index is 0.125. The zero-order chi connectivity index (χ0) is 14.5. The Morgan fingerprint density at radius 2 is 2.25 bits per heavy atom. The summed E-state index contributed by atoms with van der Waals surface area (Å²) >= 11 is 0. The molecule has 2 rings (SSSR count). The minimum Gasteiger partial charge on any atom is -0.353 e. The fourth-order valence-corrected chi connectivity index (χ4v) is 3.15. The molecule has 0 aliphatic carbocycles. The number of likely N-dealkylation sites (tertiary alicyclic amines) is 1. The van der Waals surface area contributed by atoms with Crippen molar-refractivity contribution in [1.82, 2.24) is 9.47 Å². The van der Waals surface area contributed by atoms with Crippen LogP contribution in [-0.2, 0) is 11.8 Å². The zero-order valence-electron chi connectivity index (χ0n) is 12.7. The van der Waals surface area contributed by atoms with Gasteiger partial charge in [-0.25, -0.2) is 0 Å². The van der Waals surface area contributed by atoms with Crippen LogP contribution in [0.4, 0.5) is 0 Å². The molecule has 1 aliphatic rings. The van der Waals surface area contributed by atoms with Crippen LogP contribution in [0.1, 0.15) is 57.2 Å². The fourth-order valence-electron chi connectivity index (χ4n) is 3.15. The second-order valence-electron chi connectivity index (χ2n) is 5.84. The quantitative estimate of drug-likeness (QED) is 0.919. The highest BCUT2D eigenvalue weighted by Gasteiger charge is 2.30. The first-order chi connectivity index (χ1) is 9.65. The standard InChI is InChI=1S/C16H27N3O/c1-3-8-13(17)16(20)19-12-6-4-5-9-15(19)14-10-7-11-18(14)2/h7,10-11,13,15H,3-6,8-9,12,17H2,1-2H3. The molecule has 2 heterocycles. The van der Waals surface area contributed by atoms with Gasteiger partial charge < -0.3 is 15.2 Å². The van der Waals surface area contributed by atoms with Crippen LogP contribution in [-0.4, -0.2) is 28.0 Å². The highest BCUT2D eigenvalue weighted by atomic mass is 16.2. The van der Waals surface area contributed by atoms with Gasteiger partial charge in [0.05, 0.1) is 12.1 Å². The smallest absolute Gasteiger partial charge is 0.240 e. The lowest BCUT2D eigenvalue weighted by atomic mass is 10.0. The lowest BCUT2D eigenvalue weighted by Crippen LogP contribution is -2.45. The predicted molar refractivity (Wildman–Crippen MR) is 81.2 cm³/mol. The van der Waals surface area contributed by atoms with Gasteiger partial charge in [-0.2, -0.15) is 0 Å². The molecule has 4 nitrogen and oxygen atoms in total. The third-order valence-electron chi connectivity index (χ3n) is 4.28. The topological polar surface area (TPSA) is 51.3 Å². The molecule has 2 N–H and O–H groups in total. The predicted octanol–water partition coefficient (Wildman–Crippen LogP) is 2.60. The maximum atomic E-state index is 12.6. The van der Waals surface area contributed by atoms with Crippen LogP contribution in [0.2, 0.25) is 0 Å². The minimum atomic E-state index is -0.346. The fraction of sp³-hybridized carbons (Fsp3) is 0.688. The molecular weight excluding hydrogens is 250 g/mol. The lowest BCUT2D eigenvalue weighted by Gasteiger charge is -2.32. The Kier molecular flexibility index (Phi) is 5.24. The van der Waals surface area contributed by atoms with Crippen molar-refractivity contribution in [3.05, 3.63) is 24.0 Å². The number of carbonyl (C=O) groups is 1. The average Bonchev–Trinajstić information content (AvgIpc) is 2.72. The van der Waals surface area contributed by atoms with Crippen molar-refractivity contribution in [3.63, 3.8) is 0 Å². The maximum absolute atomic E-state index is 12.6. The molecule has 1 aliphatic heterocycles. The zero-order valence-corrected chi connectivity index (χ0v) is 12.7. The van der Waals surface area contributed by atoms with E-state index in [0.29, 0.717) is 0 Å². The molecule has 4 heteroatoms. The van der Waals surface area contributed by atoms with E-state index in [9.17, 15) is 4.79 Å². The van der Waals surface area contributed by atoms with Gasteiger partial charge in [0, 0.05) is 25.5 Å². The number of carbonyl (C=O) groups excluding carboxylic acids is 1. The Bertz CT molecular complexity index is 441.